The van der Waals surface area contributed by atoms with E-state index in [1.165, 1.54) is 6.07 Å². The van der Waals surface area contributed by atoms with Crippen LogP contribution in [0, 0.1) is 10.1 Å². The number of rotatable bonds is 5. The third-order valence-electron chi connectivity index (χ3n) is 2.55. The highest BCUT2D eigenvalue weighted by Crippen LogP contribution is 2.21. The van der Waals surface area contributed by atoms with Crippen molar-refractivity contribution in [2.45, 2.75) is 20.0 Å². The van der Waals surface area contributed by atoms with Crippen LogP contribution < -0.4 is 4.74 Å². The lowest BCUT2D eigenvalue weighted by molar-refractivity contribution is -0.402. The second-order valence-electron chi connectivity index (χ2n) is 3.75. The van der Waals surface area contributed by atoms with E-state index in [1.54, 1.807) is 6.07 Å². The molecule has 0 amide bonds. The first-order valence-electron chi connectivity index (χ1n) is 5.64. The highest BCUT2D eigenvalue weighted by atomic mass is 16.6. The fourth-order valence-corrected chi connectivity index (χ4v) is 1.63. The molecule has 0 N–H and O–H groups in total. The molecule has 5 heteroatoms. The molecule has 94 valence electrons. The van der Waals surface area contributed by atoms with Gasteiger partial charge in [0.2, 0.25) is 0 Å². The third kappa shape index (κ3) is 2.68. The average molecular weight is 247 g/mol. The highest BCUT2D eigenvalue weighted by Gasteiger charge is 2.12. The first kappa shape index (κ1) is 12.2. The second-order valence-corrected chi connectivity index (χ2v) is 3.75. The highest BCUT2D eigenvalue weighted by molar-refractivity contribution is 5.33. The molecule has 0 fully saturated rings. The molecule has 0 saturated carbocycles. The van der Waals surface area contributed by atoms with Crippen molar-refractivity contribution in [2.75, 3.05) is 0 Å². The molecule has 1 heterocycles. The predicted octanol–water partition coefficient (Wildman–Crippen LogP) is 3.33. The minimum Gasteiger partial charge on any atom is -0.485 e. The summed E-state index contributed by atoms with van der Waals surface area (Å²) in [6.07, 6.45) is 0.870. The van der Waals surface area contributed by atoms with Gasteiger partial charge in [0.1, 0.15) is 23.0 Å². The molecular formula is C13H13NO4. The van der Waals surface area contributed by atoms with Gasteiger partial charge >= 0.3 is 5.88 Å². The van der Waals surface area contributed by atoms with Crippen molar-refractivity contribution in [3.8, 4) is 5.75 Å². The molecular weight excluding hydrogens is 234 g/mol. The lowest BCUT2D eigenvalue weighted by Gasteiger charge is -2.08. The summed E-state index contributed by atoms with van der Waals surface area (Å²) in [6.45, 7) is 2.23. The number of para-hydroxylation sites is 1. The van der Waals surface area contributed by atoms with Gasteiger partial charge in [-0.25, -0.2) is 0 Å². The van der Waals surface area contributed by atoms with Crippen LogP contribution in [-0.4, -0.2) is 4.92 Å². The zero-order chi connectivity index (χ0) is 13.0. The quantitative estimate of drug-likeness (QED) is 0.600. The van der Waals surface area contributed by atoms with Crippen LogP contribution in [0.1, 0.15) is 18.2 Å². The van der Waals surface area contributed by atoms with E-state index in [2.05, 4.69) is 0 Å². The van der Waals surface area contributed by atoms with Gasteiger partial charge in [0.15, 0.2) is 0 Å². The zero-order valence-electron chi connectivity index (χ0n) is 9.96. The van der Waals surface area contributed by atoms with Gasteiger partial charge in [-0.3, -0.25) is 10.1 Å². The topological polar surface area (TPSA) is 65.5 Å². The molecule has 18 heavy (non-hydrogen) atoms. The van der Waals surface area contributed by atoms with Crippen molar-refractivity contribution in [1.82, 2.24) is 0 Å². The molecule has 0 aliphatic carbocycles. The molecule has 0 spiro atoms. The van der Waals surface area contributed by atoms with Crippen LogP contribution in [-0.2, 0) is 13.0 Å². The zero-order valence-corrected chi connectivity index (χ0v) is 9.96. The van der Waals surface area contributed by atoms with Crippen LogP contribution in [0.5, 0.6) is 5.75 Å². The monoisotopic (exact) mass is 247 g/mol. The summed E-state index contributed by atoms with van der Waals surface area (Å²) >= 11 is 0. The van der Waals surface area contributed by atoms with Crippen LogP contribution in [0.15, 0.2) is 40.8 Å². The standard InChI is InChI=1S/C13H13NO4/c1-2-10-5-3-4-6-12(10)17-9-11-7-8-13(18-11)14(15)16/h3-8H,2,9H2,1H3. The smallest absolute Gasteiger partial charge is 0.433 e. The van der Waals surface area contributed by atoms with Crippen molar-refractivity contribution in [3.63, 3.8) is 0 Å². The van der Waals surface area contributed by atoms with Crippen molar-refractivity contribution >= 4 is 5.88 Å². The van der Waals surface area contributed by atoms with Gasteiger partial charge in [0, 0.05) is 0 Å². The van der Waals surface area contributed by atoms with Crippen molar-refractivity contribution < 1.29 is 14.1 Å². The van der Waals surface area contributed by atoms with Gasteiger partial charge in [-0.05, 0) is 24.1 Å². The lowest BCUT2D eigenvalue weighted by Crippen LogP contribution is -1.96. The Morgan fingerprint density at radius 3 is 2.72 bits per heavy atom. The Bertz CT molecular complexity index is 547. The summed E-state index contributed by atoms with van der Waals surface area (Å²) in [7, 11) is 0. The molecule has 2 rings (SSSR count). The Balaban J connectivity index is 2.04. The minimum absolute atomic E-state index is 0.185. The molecule has 0 bridgehead atoms. The number of nitrogens with zero attached hydrogens (tertiary/aromatic N) is 1. The van der Waals surface area contributed by atoms with Gasteiger partial charge < -0.3 is 9.15 Å². The second kappa shape index (κ2) is 5.35. The maximum Gasteiger partial charge on any atom is 0.433 e. The fraction of sp³-hybridized carbons (Fsp3) is 0.231. The summed E-state index contributed by atoms with van der Waals surface area (Å²) < 4.78 is 10.6. The van der Waals surface area contributed by atoms with Gasteiger partial charge in [-0.15, -0.1) is 0 Å². The summed E-state index contributed by atoms with van der Waals surface area (Å²) in [4.78, 5) is 9.89. The molecule has 0 unspecified atom stereocenters. The third-order valence-corrected chi connectivity index (χ3v) is 2.55. The number of hydrogen-bond acceptors (Lipinski definition) is 4. The van der Waals surface area contributed by atoms with Gasteiger partial charge in [0.25, 0.3) is 0 Å². The first-order valence-corrected chi connectivity index (χ1v) is 5.64. The van der Waals surface area contributed by atoms with Crippen LogP contribution in [0.25, 0.3) is 0 Å². The van der Waals surface area contributed by atoms with Gasteiger partial charge in [0.05, 0.1) is 6.07 Å². The number of aryl methyl sites for hydroxylation is 1. The molecule has 1 aromatic heterocycles. The number of furan rings is 1. The van der Waals surface area contributed by atoms with Crippen LogP contribution in [0.4, 0.5) is 5.88 Å². The van der Waals surface area contributed by atoms with Crippen molar-refractivity contribution in [2.24, 2.45) is 0 Å². The molecule has 5 nitrogen and oxygen atoms in total. The maximum absolute atomic E-state index is 10.5. The van der Waals surface area contributed by atoms with Crippen LogP contribution in [0.3, 0.4) is 0 Å². The van der Waals surface area contributed by atoms with E-state index in [0.717, 1.165) is 17.7 Å². The van der Waals surface area contributed by atoms with Gasteiger partial charge in [-0.2, -0.15) is 0 Å². The van der Waals surface area contributed by atoms with E-state index >= 15 is 0 Å². The summed E-state index contributed by atoms with van der Waals surface area (Å²) in [5.74, 6) is 0.948. The van der Waals surface area contributed by atoms with Crippen LogP contribution >= 0.6 is 0 Å². The molecule has 0 radical (unpaired) electrons. The van der Waals surface area contributed by atoms with E-state index in [4.69, 9.17) is 9.15 Å². The molecule has 0 saturated heterocycles. The lowest BCUT2D eigenvalue weighted by atomic mass is 10.1. The number of ether oxygens (including phenoxy) is 1. The summed E-state index contributed by atoms with van der Waals surface area (Å²) in [5, 5.41) is 10.5. The van der Waals surface area contributed by atoms with Crippen molar-refractivity contribution in [3.05, 3.63) is 57.8 Å². The average Bonchev–Trinajstić information content (AvgIpc) is 2.85. The largest absolute Gasteiger partial charge is 0.485 e. The number of hydrogen-bond donors (Lipinski definition) is 0. The van der Waals surface area contributed by atoms with E-state index in [-0.39, 0.29) is 12.5 Å². The number of benzene rings is 1. The Labute approximate surface area is 104 Å². The Hall–Kier alpha value is -2.30. The molecule has 2 aromatic rings. The van der Waals surface area contributed by atoms with E-state index in [9.17, 15) is 10.1 Å². The molecule has 0 atom stereocenters. The SMILES string of the molecule is CCc1ccccc1OCc1ccc([N+](=O)[O-])o1. The Kier molecular flexibility index (Phi) is 3.62. The molecule has 1 aromatic carbocycles. The fourth-order valence-electron chi connectivity index (χ4n) is 1.63. The number of nitro groups is 1. The normalized spacial score (nSPS) is 10.3. The maximum atomic E-state index is 10.5. The van der Waals surface area contributed by atoms with Gasteiger partial charge in [-0.1, -0.05) is 25.1 Å². The molecule has 0 aliphatic heterocycles. The first-order chi connectivity index (χ1) is 8.70. The predicted molar refractivity (Wildman–Crippen MR) is 65.5 cm³/mol. The summed E-state index contributed by atoms with van der Waals surface area (Å²) in [5.41, 5.74) is 1.10. The van der Waals surface area contributed by atoms with E-state index < -0.39 is 4.92 Å². The minimum atomic E-state index is -0.566. The van der Waals surface area contributed by atoms with Crippen LogP contribution in [0.2, 0.25) is 0 Å². The molecule has 0 aliphatic rings. The van der Waals surface area contributed by atoms with Crippen molar-refractivity contribution in [1.29, 1.82) is 0 Å². The van der Waals surface area contributed by atoms with E-state index in [1.807, 2.05) is 31.2 Å². The Morgan fingerprint density at radius 2 is 2.06 bits per heavy atom. The summed E-state index contributed by atoms with van der Waals surface area (Å²) in [6, 6.07) is 10.6. The van der Waals surface area contributed by atoms with E-state index in [0.29, 0.717) is 5.76 Å². The Morgan fingerprint density at radius 1 is 1.28 bits per heavy atom.